The Morgan fingerprint density at radius 2 is 1.87 bits per heavy atom. The zero-order valence-electron chi connectivity index (χ0n) is 22.9. The molecule has 1 aliphatic carbocycles. The highest BCUT2D eigenvalue weighted by Gasteiger charge is 2.23. The number of carbonyl (C=O) groups is 1. The molecule has 1 aromatic carbocycles. The molecular weight excluding hydrogens is 492 g/mol. The van der Waals surface area contributed by atoms with E-state index in [-0.39, 0.29) is 24.0 Å². The summed E-state index contributed by atoms with van der Waals surface area (Å²) in [6, 6.07) is 12.7. The zero-order valence-corrected chi connectivity index (χ0v) is 22.9. The van der Waals surface area contributed by atoms with Gasteiger partial charge in [0.25, 0.3) is 0 Å². The van der Waals surface area contributed by atoms with Gasteiger partial charge in [0.05, 0.1) is 19.1 Å². The number of benzene rings is 1. The second-order valence-electron chi connectivity index (χ2n) is 10.3. The van der Waals surface area contributed by atoms with Gasteiger partial charge in [-0.25, -0.2) is 4.98 Å². The Morgan fingerprint density at radius 1 is 1.08 bits per heavy atom. The van der Waals surface area contributed by atoms with Gasteiger partial charge in [0.15, 0.2) is 17.0 Å². The summed E-state index contributed by atoms with van der Waals surface area (Å²) in [5.41, 5.74) is 4.46. The number of imidazole rings is 1. The quantitative estimate of drug-likeness (QED) is 0.279. The lowest BCUT2D eigenvalue weighted by atomic mass is 9.91. The van der Waals surface area contributed by atoms with Crippen LogP contribution in [0.1, 0.15) is 58.1 Å². The predicted octanol–water partition coefficient (Wildman–Crippen LogP) is 4.95. The number of nitrogens with zero attached hydrogens (tertiary/aromatic N) is 5. The fraction of sp³-hybridized carbons (Fsp3) is 0.414. The van der Waals surface area contributed by atoms with Gasteiger partial charge in [0.1, 0.15) is 5.75 Å². The molecule has 10 nitrogen and oxygen atoms in total. The van der Waals surface area contributed by atoms with Crippen molar-refractivity contribution >= 4 is 28.8 Å². The van der Waals surface area contributed by atoms with Gasteiger partial charge in [-0.1, -0.05) is 18.2 Å². The molecule has 10 heteroatoms. The first-order chi connectivity index (χ1) is 18.9. The van der Waals surface area contributed by atoms with Crippen LogP contribution in [0.4, 0.5) is 11.8 Å². The maximum Gasteiger partial charge on any atom is 0.227 e. The predicted molar refractivity (Wildman–Crippen MR) is 153 cm³/mol. The van der Waals surface area contributed by atoms with Crippen LogP contribution in [0.15, 0.2) is 48.9 Å². The second kappa shape index (κ2) is 11.7. The molecular formula is C29H36N8O2. The van der Waals surface area contributed by atoms with Crippen LogP contribution in [0.3, 0.4) is 0 Å². The highest BCUT2D eigenvalue weighted by Crippen LogP contribution is 2.27. The highest BCUT2D eigenvalue weighted by molar-refractivity contribution is 5.84. The zero-order chi connectivity index (χ0) is 27.4. The van der Waals surface area contributed by atoms with E-state index in [2.05, 4.69) is 50.4 Å². The maximum absolute atomic E-state index is 11.4. The minimum absolute atomic E-state index is 0.0306. The third-order valence-electron chi connectivity index (χ3n) is 7.10. The van der Waals surface area contributed by atoms with Gasteiger partial charge in [0.2, 0.25) is 11.9 Å². The maximum atomic E-state index is 11.4. The topological polar surface area (TPSA) is 119 Å². The van der Waals surface area contributed by atoms with Crippen LogP contribution in [0, 0.1) is 0 Å². The van der Waals surface area contributed by atoms with E-state index in [0.717, 1.165) is 59.4 Å². The fourth-order valence-corrected chi connectivity index (χ4v) is 5.00. The van der Waals surface area contributed by atoms with Crippen LogP contribution in [0.25, 0.3) is 22.4 Å². The van der Waals surface area contributed by atoms with Crippen molar-refractivity contribution in [1.29, 1.82) is 0 Å². The van der Waals surface area contributed by atoms with Gasteiger partial charge in [0, 0.05) is 43.4 Å². The van der Waals surface area contributed by atoms with Crippen molar-refractivity contribution in [1.82, 2.24) is 29.8 Å². The number of nitrogens with one attached hydrogen (secondary N) is 3. The van der Waals surface area contributed by atoms with Crippen LogP contribution < -0.4 is 20.7 Å². The molecule has 39 heavy (non-hydrogen) atoms. The molecule has 0 atom stereocenters. The molecule has 204 valence electrons. The standard InChI is InChI=1S/C29H36N8O2/c1-18(2)37-17-32-26-27(31-16-20-8-13-25(30-15-20)21-6-5-7-24(14-21)39-4)35-29(36-28(26)37)34-23-11-9-22(10-12-23)33-19(3)38/h5-8,13-15,17-18,22-23H,9-12,16H2,1-4H3,(H,33,38)(H2,31,34,35,36). The number of anilines is 2. The molecule has 1 saturated carbocycles. The number of methoxy groups -OCH3 is 1. The molecule has 3 heterocycles. The fourth-order valence-electron chi connectivity index (χ4n) is 5.00. The van der Waals surface area contributed by atoms with Gasteiger partial charge in [-0.2, -0.15) is 9.97 Å². The lowest BCUT2D eigenvalue weighted by Crippen LogP contribution is -2.39. The molecule has 5 rings (SSSR count). The SMILES string of the molecule is COc1cccc(-c2ccc(CNc3nc(NC4CCC(NC(C)=O)CC4)nc4c3ncn4C(C)C)cn2)c1. The first-order valence-corrected chi connectivity index (χ1v) is 13.5. The van der Waals surface area contributed by atoms with Crippen molar-refractivity contribution in [2.75, 3.05) is 17.7 Å². The normalized spacial score (nSPS) is 17.3. The summed E-state index contributed by atoms with van der Waals surface area (Å²) in [5.74, 6) is 2.11. The Bertz CT molecular complexity index is 1430. The average Bonchev–Trinajstić information content (AvgIpc) is 3.37. The number of hydrogen-bond acceptors (Lipinski definition) is 8. The molecule has 1 aliphatic rings. The van der Waals surface area contributed by atoms with E-state index in [0.29, 0.717) is 18.3 Å². The summed E-state index contributed by atoms with van der Waals surface area (Å²) in [4.78, 5) is 30.4. The largest absolute Gasteiger partial charge is 0.497 e. The first kappa shape index (κ1) is 26.4. The molecule has 0 aliphatic heterocycles. The molecule has 0 saturated heterocycles. The van der Waals surface area contributed by atoms with Crippen LogP contribution in [-0.2, 0) is 11.3 Å². The Morgan fingerprint density at radius 3 is 2.56 bits per heavy atom. The van der Waals surface area contributed by atoms with E-state index >= 15 is 0 Å². The minimum Gasteiger partial charge on any atom is -0.497 e. The number of rotatable bonds is 9. The van der Waals surface area contributed by atoms with Crippen molar-refractivity contribution in [3.8, 4) is 17.0 Å². The molecule has 0 bridgehead atoms. The lowest BCUT2D eigenvalue weighted by Gasteiger charge is -2.29. The summed E-state index contributed by atoms with van der Waals surface area (Å²) in [6.07, 6.45) is 7.47. The van der Waals surface area contributed by atoms with E-state index in [1.807, 2.05) is 42.9 Å². The number of aromatic nitrogens is 5. The lowest BCUT2D eigenvalue weighted by molar-refractivity contribution is -0.119. The summed E-state index contributed by atoms with van der Waals surface area (Å²) in [7, 11) is 1.66. The van der Waals surface area contributed by atoms with Crippen LogP contribution in [-0.4, -0.2) is 49.6 Å². The number of fused-ring (bicyclic) bond motifs is 1. The van der Waals surface area contributed by atoms with Gasteiger partial charge >= 0.3 is 0 Å². The van der Waals surface area contributed by atoms with E-state index in [1.165, 1.54) is 0 Å². The Hall–Kier alpha value is -4.21. The van der Waals surface area contributed by atoms with Crippen molar-refractivity contribution in [2.24, 2.45) is 0 Å². The molecule has 0 spiro atoms. The van der Waals surface area contributed by atoms with E-state index in [4.69, 9.17) is 14.7 Å². The van der Waals surface area contributed by atoms with E-state index in [9.17, 15) is 4.79 Å². The Balaban J connectivity index is 1.32. The van der Waals surface area contributed by atoms with Crippen LogP contribution >= 0.6 is 0 Å². The van der Waals surface area contributed by atoms with Crippen molar-refractivity contribution in [3.05, 3.63) is 54.5 Å². The second-order valence-corrected chi connectivity index (χ2v) is 10.3. The monoisotopic (exact) mass is 528 g/mol. The summed E-state index contributed by atoms with van der Waals surface area (Å²) < 4.78 is 7.40. The minimum atomic E-state index is 0.0306. The molecule has 0 unspecified atom stereocenters. The van der Waals surface area contributed by atoms with Gasteiger partial charge in [-0.3, -0.25) is 9.78 Å². The van der Waals surface area contributed by atoms with Crippen molar-refractivity contribution in [3.63, 3.8) is 0 Å². The van der Waals surface area contributed by atoms with Crippen molar-refractivity contribution in [2.45, 2.75) is 71.1 Å². The summed E-state index contributed by atoms with van der Waals surface area (Å²) in [6.45, 7) is 6.35. The third-order valence-corrected chi connectivity index (χ3v) is 7.10. The van der Waals surface area contributed by atoms with E-state index in [1.54, 1.807) is 14.0 Å². The number of amides is 1. The number of pyridine rings is 1. The number of ether oxygens (including phenoxy) is 1. The molecule has 3 N–H and O–H groups in total. The molecule has 1 amide bonds. The average molecular weight is 529 g/mol. The Kier molecular flexibility index (Phi) is 7.90. The van der Waals surface area contributed by atoms with Gasteiger partial charge < -0.3 is 25.3 Å². The third kappa shape index (κ3) is 6.27. The van der Waals surface area contributed by atoms with Crippen LogP contribution in [0.5, 0.6) is 5.75 Å². The highest BCUT2D eigenvalue weighted by atomic mass is 16.5. The smallest absolute Gasteiger partial charge is 0.227 e. The summed E-state index contributed by atoms with van der Waals surface area (Å²) >= 11 is 0. The van der Waals surface area contributed by atoms with E-state index < -0.39 is 0 Å². The molecule has 0 radical (unpaired) electrons. The van der Waals surface area contributed by atoms with Crippen molar-refractivity contribution < 1.29 is 9.53 Å². The summed E-state index contributed by atoms with van der Waals surface area (Å²) in [5, 5.41) is 10.0. The van der Waals surface area contributed by atoms with Crippen LogP contribution in [0.2, 0.25) is 0 Å². The first-order valence-electron chi connectivity index (χ1n) is 13.5. The molecule has 1 fully saturated rings. The van der Waals surface area contributed by atoms with Gasteiger partial charge in [-0.15, -0.1) is 0 Å². The van der Waals surface area contributed by atoms with Gasteiger partial charge in [-0.05, 0) is 63.3 Å². The molecule has 4 aromatic rings. The Labute approximate surface area is 228 Å². The number of hydrogen-bond donors (Lipinski definition) is 3. The molecule has 3 aromatic heterocycles. The number of carbonyl (C=O) groups excluding carboxylic acids is 1.